The number of hydrogen-bond donors (Lipinski definition) is 0. The van der Waals surface area contributed by atoms with Crippen LogP contribution in [-0.2, 0) is 15.9 Å². The van der Waals surface area contributed by atoms with Crippen LogP contribution in [0.4, 0.5) is 0 Å². The van der Waals surface area contributed by atoms with Crippen LogP contribution in [0, 0.1) is 12.3 Å². The summed E-state index contributed by atoms with van der Waals surface area (Å²) in [6, 6.07) is 6.68. The van der Waals surface area contributed by atoms with Gasteiger partial charge in [0.2, 0.25) is 0 Å². The average Bonchev–Trinajstić information content (AvgIpc) is 2.50. The minimum absolute atomic E-state index is 0.0784. The SMILES string of the molecule is Cc1ccc2c(c1)C[C@]1(C)CO[C@@H](C)O[C@H]21. The lowest BCUT2D eigenvalue weighted by molar-refractivity contribution is -0.253. The molecule has 1 aliphatic carbocycles. The van der Waals surface area contributed by atoms with E-state index in [4.69, 9.17) is 9.47 Å². The molecule has 2 aliphatic rings. The van der Waals surface area contributed by atoms with Crippen LogP contribution in [0.1, 0.15) is 36.6 Å². The van der Waals surface area contributed by atoms with Gasteiger partial charge in [-0.3, -0.25) is 0 Å². The first kappa shape index (κ1) is 10.3. The van der Waals surface area contributed by atoms with Crippen molar-refractivity contribution in [3.05, 3.63) is 34.9 Å². The third kappa shape index (κ3) is 1.40. The van der Waals surface area contributed by atoms with Gasteiger partial charge in [-0.15, -0.1) is 0 Å². The molecule has 3 rings (SSSR count). The van der Waals surface area contributed by atoms with Crippen molar-refractivity contribution in [2.45, 2.75) is 39.6 Å². The molecule has 0 radical (unpaired) electrons. The van der Waals surface area contributed by atoms with E-state index in [2.05, 4.69) is 32.0 Å². The zero-order valence-electron chi connectivity index (χ0n) is 10.1. The summed E-state index contributed by atoms with van der Waals surface area (Å²) in [5.41, 5.74) is 4.26. The fourth-order valence-corrected chi connectivity index (χ4v) is 2.95. The predicted octanol–water partition coefficient (Wildman–Crippen LogP) is 2.99. The summed E-state index contributed by atoms with van der Waals surface area (Å²) in [4.78, 5) is 0. The average molecular weight is 218 g/mol. The Balaban J connectivity index is 2.04. The second-order valence-corrected chi connectivity index (χ2v) is 5.43. The van der Waals surface area contributed by atoms with Crippen LogP contribution in [0.3, 0.4) is 0 Å². The maximum Gasteiger partial charge on any atom is 0.155 e. The fraction of sp³-hybridized carbons (Fsp3) is 0.571. The highest BCUT2D eigenvalue weighted by molar-refractivity contribution is 5.40. The maximum absolute atomic E-state index is 5.96. The quantitative estimate of drug-likeness (QED) is 0.666. The number of aryl methyl sites for hydroxylation is 1. The zero-order chi connectivity index (χ0) is 11.3. The Hall–Kier alpha value is -0.860. The Bertz CT molecular complexity index is 427. The van der Waals surface area contributed by atoms with Crippen molar-refractivity contribution < 1.29 is 9.47 Å². The van der Waals surface area contributed by atoms with Crippen LogP contribution in [0.15, 0.2) is 18.2 Å². The standard InChI is InChI=1S/C14H18O2/c1-9-4-5-12-11(6-9)7-14(3)8-15-10(2)16-13(12)14/h4-6,10,13H,7-8H2,1-3H3/t10-,13-,14-/m1/s1. The van der Waals surface area contributed by atoms with Gasteiger partial charge in [-0.1, -0.05) is 30.7 Å². The van der Waals surface area contributed by atoms with E-state index in [0.717, 1.165) is 13.0 Å². The molecule has 0 spiro atoms. The molecule has 86 valence electrons. The Labute approximate surface area is 96.6 Å². The third-order valence-electron chi connectivity index (χ3n) is 3.78. The first-order chi connectivity index (χ1) is 7.58. The van der Waals surface area contributed by atoms with Crippen LogP contribution < -0.4 is 0 Å². The monoisotopic (exact) mass is 218 g/mol. The molecule has 3 atom stereocenters. The van der Waals surface area contributed by atoms with E-state index < -0.39 is 0 Å². The molecule has 1 aromatic carbocycles. The summed E-state index contributed by atoms with van der Waals surface area (Å²) in [6.45, 7) is 7.18. The summed E-state index contributed by atoms with van der Waals surface area (Å²) in [6.07, 6.45) is 1.21. The van der Waals surface area contributed by atoms with Crippen molar-refractivity contribution in [3.8, 4) is 0 Å². The molecular formula is C14H18O2. The lowest BCUT2D eigenvalue weighted by Gasteiger charge is -2.39. The van der Waals surface area contributed by atoms with E-state index in [9.17, 15) is 0 Å². The molecule has 0 amide bonds. The Morgan fingerprint density at radius 2 is 2.19 bits per heavy atom. The Kier molecular flexibility index (Phi) is 2.13. The molecule has 1 heterocycles. The number of rotatable bonds is 0. The van der Waals surface area contributed by atoms with Gasteiger partial charge in [-0.25, -0.2) is 0 Å². The number of hydrogen-bond acceptors (Lipinski definition) is 2. The molecule has 0 bridgehead atoms. The van der Waals surface area contributed by atoms with Crippen molar-refractivity contribution in [2.75, 3.05) is 6.61 Å². The lowest BCUT2D eigenvalue weighted by atomic mass is 9.85. The molecule has 0 N–H and O–H groups in total. The molecule has 0 aromatic heterocycles. The van der Waals surface area contributed by atoms with Gasteiger partial charge in [0.05, 0.1) is 12.7 Å². The summed E-state index contributed by atoms with van der Waals surface area (Å²) in [7, 11) is 0. The van der Waals surface area contributed by atoms with Crippen molar-refractivity contribution in [3.63, 3.8) is 0 Å². The van der Waals surface area contributed by atoms with Crippen LogP contribution in [0.2, 0.25) is 0 Å². The van der Waals surface area contributed by atoms with Crippen molar-refractivity contribution in [2.24, 2.45) is 5.41 Å². The summed E-state index contributed by atoms with van der Waals surface area (Å²) < 4.78 is 11.6. The predicted molar refractivity (Wildman–Crippen MR) is 62.2 cm³/mol. The van der Waals surface area contributed by atoms with Gasteiger partial charge in [0.1, 0.15) is 0 Å². The lowest BCUT2D eigenvalue weighted by Crippen LogP contribution is -2.39. The minimum atomic E-state index is -0.0784. The minimum Gasteiger partial charge on any atom is -0.352 e. The Morgan fingerprint density at radius 3 is 3.00 bits per heavy atom. The van der Waals surface area contributed by atoms with Gasteiger partial charge in [0, 0.05) is 5.41 Å². The van der Waals surface area contributed by atoms with Crippen LogP contribution >= 0.6 is 0 Å². The second-order valence-electron chi connectivity index (χ2n) is 5.43. The summed E-state index contributed by atoms with van der Waals surface area (Å²) in [5.74, 6) is 0. The summed E-state index contributed by atoms with van der Waals surface area (Å²) >= 11 is 0. The largest absolute Gasteiger partial charge is 0.352 e. The molecule has 2 heteroatoms. The first-order valence-electron chi connectivity index (χ1n) is 5.95. The maximum atomic E-state index is 5.96. The first-order valence-corrected chi connectivity index (χ1v) is 5.95. The van der Waals surface area contributed by atoms with Gasteiger partial charge in [-0.05, 0) is 31.4 Å². The van der Waals surface area contributed by atoms with E-state index in [1.807, 2.05) is 6.92 Å². The van der Waals surface area contributed by atoms with E-state index in [0.29, 0.717) is 0 Å². The molecule has 0 unspecified atom stereocenters. The van der Waals surface area contributed by atoms with Gasteiger partial charge < -0.3 is 9.47 Å². The zero-order valence-corrected chi connectivity index (χ0v) is 10.1. The van der Waals surface area contributed by atoms with Crippen LogP contribution in [0.25, 0.3) is 0 Å². The normalized spacial score (nSPS) is 36.9. The van der Waals surface area contributed by atoms with E-state index >= 15 is 0 Å². The smallest absolute Gasteiger partial charge is 0.155 e. The Morgan fingerprint density at radius 1 is 1.38 bits per heavy atom. The molecule has 1 fully saturated rings. The fourth-order valence-electron chi connectivity index (χ4n) is 2.95. The highest BCUT2D eigenvalue weighted by atomic mass is 16.7. The van der Waals surface area contributed by atoms with Gasteiger partial charge in [0.25, 0.3) is 0 Å². The van der Waals surface area contributed by atoms with Crippen molar-refractivity contribution in [1.29, 1.82) is 0 Å². The molecule has 2 nitrogen and oxygen atoms in total. The number of benzene rings is 1. The van der Waals surface area contributed by atoms with Gasteiger partial charge in [0.15, 0.2) is 6.29 Å². The topological polar surface area (TPSA) is 18.5 Å². The van der Waals surface area contributed by atoms with Crippen LogP contribution in [-0.4, -0.2) is 12.9 Å². The second kappa shape index (κ2) is 3.31. The van der Waals surface area contributed by atoms with Gasteiger partial charge >= 0.3 is 0 Å². The van der Waals surface area contributed by atoms with E-state index in [1.165, 1.54) is 16.7 Å². The summed E-state index contributed by atoms with van der Waals surface area (Å²) in [5, 5.41) is 0. The highest BCUT2D eigenvalue weighted by Crippen LogP contribution is 2.50. The number of fused-ring (bicyclic) bond motifs is 3. The van der Waals surface area contributed by atoms with Crippen LogP contribution in [0.5, 0.6) is 0 Å². The molecule has 1 saturated heterocycles. The molecule has 16 heavy (non-hydrogen) atoms. The molecule has 1 aliphatic heterocycles. The molecule has 1 aromatic rings. The van der Waals surface area contributed by atoms with E-state index in [-0.39, 0.29) is 17.8 Å². The van der Waals surface area contributed by atoms with Crippen molar-refractivity contribution in [1.82, 2.24) is 0 Å². The highest BCUT2D eigenvalue weighted by Gasteiger charge is 2.47. The van der Waals surface area contributed by atoms with E-state index in [1.54, 1.807) is 0 Å². The third-order valence-corrected chi connectivity index (χ3v) is 3.78. The van der Waals surface area contributed by atoms with Gasteiger partial charge in [-0.2, -0.15) is 0 Å². The molecule has 0 saturated carbocycles. The number of ether oxygens (including phenoxy) is 2. The van der Waals surface area contributed by atoms with Crippen molar-refractivity contribution >= 4 is 0 Å². The molecular weight excluding hydrogens is 200 g/mol.